The third kappa shape index (κ3) is 3.00. The molecule has 1 aliphatic carbocycles. The smallest absolute Gasteiger partial charge is 0.239 e. The van der Waals surface area contributed by atoms with Gasteiger partial charge in [-0.2, -0.15) is 0 Å². The van der Waals surface area contributed by atoms with Crippen LogP contribution in [0.15, 0.2) is 18.2 Å². The van der Waals surface area contributed by atoms with Crippen molar-refractivity contribution in [3.8, 4) is 0 Å². The van der Waals surface area contributed by atoms with E-state index in [2.05, 4.69) is 10.6 Å². The molecule has 4 heteroatoms. The summed E-state index contributed by atoms with van der Waals surface area (Å²) in [5, 5.41) is 5.75. The molecule has 0 bridgehead atoms. The van der Waals surface area contributed by atoms with Crippen molar-refractivity contribution in [3.63, 3.8) is 0 Å². The molecule has 1 saturated carbocycles. The first-order valence-electron chi connectivity index (χ1n) is 7.01. The second-order valence-corrected chi connectivity index (χ2v) is 6.07. The summed E-state index contributed by atoms with van der Waals surface area (Å²) in [4.78, 5) is 24.5. The van der Waals surface area contributed by atoms with Crippen molar-refractivity contribution in [2.45, 2.75) is 46.6 Å². The molecule has 0 saturated heterocycles. The third-order valence-corrected chi connectivity index (χ3v) is 3.90. The molecule has 2 N–H and O–H groups in total. The summed E-state index contributed by atoms with van der Waals surface area (Å²) < 4.78 is 0. The van der Waals surface area contributed by atoms with Crippen molar-refractivity contribution >= 4 is 17.5 Å². The molecule has 0 atom stereocenters. The first kappa shape index (κ1) is 14.6. The molecular weight excluding hydrogens is 252 g/mol. The van der Waals surface area contributed by atoms with Gasteiger partial charge in [-0.1, -0.05) is 12.1 Å². The number of carbonyl (C=O) groups is 2. The highest BCUT2D eigenvalue weighted by atomic mass is 16.2. The molecule has 0 heterocycles. The molecule has 1 aliphatic rings. The summed E-state index contributed by atoms with van der Waals surface area (Å²) in [6.07, 6.45) is 2.03. The molecule has 0 spiro atoms. The van der Waals surface area contributed by atoms with E-state index in [4.69, 9.17) is 0 Å². The summed E-state index contributed by atoms with van der Waals surface area (Å²) in [7, 11) is 0. The summed E-state index contributed by atoms with van der Waals surface area (Å²) in [5.41, 5.74) is 1.84. The fourth-order valence-corrected chi connectivity index (χ4v) is 1.86. The van der Waals surface area contributed by atoms with Crippen LogP contribution in [0.25, 0.3) is 0 Å². The van der Waals surface area contributed by atoms with Gasteiger partial charge in [0.1, 0.15) is 5.41 Å². The highest BCUT2D eigenvalue weighted by molar-refractivity contribution is 6.10. The highest BCUT2D eigenvalue weighted by Gasteiger charge is 2.38. The Morgan fingerprint density at radius 3 is 2.40 bits per heavy atom. The van der Waals surface area contributed by atoms with Gasteiger partial charge >= 0.3 is 0 Å². The van der Waals surface area contributed by atoms with Crippen LogP contribution in [0, 0.1) is 19.3 Å². The monoisotopic (exact) mass is 274 g/mol. The van der Waals surface area contributed by atoms with E-state index in [0.717, 1.165) is 29.7 Å². The lowest BCUT2D eigenvalue weighted by atomic mass is 9.90. The van der Waals surface area contributed by atoms with Crippen LogP contribution < -0.4 is 10.6 Å². The molecule has 0 radical (unpaired) electrons. The average Bonchev–Trinajstić information content (AvgIpc) is 3.18. The number of rotatable bonds is 4. The van der Waals surface area contributed by atoms with Gasteiger partial charge in [-0.25, -0.2) is 0 Å². The Hall–Kier alpha value is -1.84. The van der Waals surface area contributed by atoms with Gasteiger partial charge in [-0.05, 0) is 57.7 Å². The Labute approximate surface area is 119 Å². The number of amides is 2. The van der Waals surface area contributed by atoms with Crippen molar-refractivity contribution < 1.29 is 9.59 Å². The molecule has 1 aromatic rings. The van der Waals surface area contributed by atoms with E-state index in [-0.39, 0.29) is 17.9 Å². The number of hydrogen-bond acceptors (Lipinski definition) is 2. The Bertz CT molecular complexity index is 545. The van der Waals surface area contributed by atoms with E-state index < -0.39 is 5.41 Å². The van der Waals surface area contributed by atoms with Crippen LogP contribution in [0.5, 0.6) is 0 Å². The van der Waals surface area contributed by atoms with Crippen molar-refractivity contribution in [1.29, 1.82) is 0 Å². The molecular formula is C16H22N2O2. The van der Waals surface area contributed by atoms with E-state index in [1.807, 2.05) is 32.0 Å². The summed E-state index contributed by atoms with van der Waals surface area (Å²) >= 11 is 0. The number of aryl methyl sites for hydroxylation is 1. The molecule has 1 fully saturated rings. The number of benzene rings is 1. The zero-order valence-corrected chi connectivity index (χ0v) is 12.5. The number of nitrogens with one attached hydrogen (secondary N) is 2. The van der Waals surface area contributed by atoms with Crippen LogP contribution in [-0.2, 0) is 9.59 Å². The van der Waals surface area contributed by atoms with E-state index >= 15 is 0 Å². The van der Waals surface area contributed by atoms with E-state index in [0.29, 0.717) is 0 Å². The van der Waals surface area contributed by atoms with Crippen molar-refractivity contribution in [1.82, 2.24) is 5.32 Å². The molecule has 108 valence electrons. The zero-order chi connectivity index (χ0) is 14.9. The van der Waals surface area contributed by atoms with Crippen LogP contribution in [0.1, 0.15) is 37.8 Å². The average molecular weight is 274 g/mol. The van der Waals surface area contributed by atoms with Crippen molar-refractivity contribution in [3.05, 3.63) is 29.3 Å². The van der Waals surface area contributed by atoms with E-state index in [9.17, 15) is 9.59 Å². The summed E-state index contributed by atoms with van der Waals surface area (Å²) in [6.45, 7) is 7.27. The maximum Gasteiger partial charge on any atom is 0.239 e. The minimum Gasteiger partial charge on any atom is -0.352 e. The van der Waals surface area contributed by atoms with Crippen LogP contribution in [-0.4, -0.2) is 17.9 Å². The molecule has 0 aliphatic heterocycles. The van der Waals surface area contributed by atoms with Crippen LogP contribution in [0.2, 0.25) is 0 Å². The topological polar surface area (TPSA) is 58.2 Å². The first-order chi connectivity index (χ1) is 9.32. The van der Waals surface area contributed by atoms with E-state index in [1.54, 1.807) is 13.8 Å². The minimum absolute atomic E-state index is 0.206. The first-order valence-corrected chi connectivity index (χ1v) is 7.01. The van der Waals surface area contributed by atoms with Crippen molar-refractivity contribution in [2.75, 3.05) is 5.32 Å². The Morgan fingerprint density at radius 1 is 1.15 bits per heavy atom. The third-order valence-electron chi connectivity index (χ3n) is 3.90. The Kier molecular flexibility index (Phi) is 3.84. The van der Waals surface area contributed by atoms with Gasteiger partial charge in [-0.15, -0.1) is 0 Å². The highest BCUT2D eigenvalue weighted by Crippen LogP contribution is 2.25. The lowest BCUT2D eigenvalue weighted by molar-refractivity contribution is -0.138. The molecule has 0 unspecified atom stereocenters. The molecule has 4 nitrogen and oxygen atoms in total. The van der Waals surface area contributed by atoms with Gasteiger partial charge < -0.3 is 10.6 Å². The van der Waals surface area contributed by atoms with Crippen LogP contribution in [0.4, 0.5) is 5.69 Å². The predicted octanol–water partition coefficient (Wildman–Crippen LogP) is 2.55. The second kappa shape index (κ2) is 5.27. The summed E-state index contributed by atoms with van der Waals surface area (Å²) in [6, 6.07) is 6.01. The zero-order valence-electron chi connectivity index (χ0n) is 12.5. The number of carbonyl (C=O) groups excluding carboxylic acids is 2. The predicted molar refractivity (Wildman–Crippen MR) is 79.5 cm³/mol. The Morgan fingerprint density at radius 2 is 1.80 bits per heavy atom. The fraction of sp³-hybridized carbons (Fsp3) is 0.500. The van der Waals surface area contributed by atoms with Gasteiger partial charge in [0, 0.05) is 11.7 Å². The molecule has 20 heavy (non-hydrogen) atoms. The largest absolute Gasteiger partial charge is 0.352 e. The van der Waals surface area contributed by atoms with Gasteiger partial charge in [0.05, 0.1) is 0 Å². The molecule has 1 aromatic carbocycles. The van der Waals surface area contributed by atoms with Gasteiger partial charge in [0.2, 0.25) is 11.8 Å². The fourth-order valence-electron chi connectivity index (χ4n) is 1.86. The number of anilines is 1. The lowest BCUT2D eigenvalue weighted by Crippen LogP contribution is -2.45. The second-order valence-electron chi connectivity index (χ2n) is 6.07. The van der Waals surface area contributed by atoms with Crippen LogP contribution in [0.3, 0.4) is 0 Å². The van der Waals surface area contributed by atoms with Gasteiger partial charge in [-0.3, -0.25) is 9.59 Å². The SMILES string of the molecule is Cc1cccc(NC(=O)C(C)(C)C(=O)NC2CC2)c1C. The quantitative estimate of drug-likeness (QED) is 0.829. The number of hydrogen-bond donors (Lipinski definition) is 2. The molecule has 2 amide bonds. The van der Waals surface area contributed by atoms with Gasteiger partial charge in [0.15, 0.2) is 0 Å². The molecule has 2 rings (SSSR count). The summed E-state index contributed by atoms with van der Waals surface area (Å²) in [5.74, 6) is -0.479. The normalized spacial score (nSPS) is 14.8. The molecule has 0 aromatic heterocycles. The maximum absolute atomic E-state index is 12.4. The van der Waals surface area contributed by atoms with E-state index in [1.165, 1.54) is 0 Å². The van der Waals surface area contributed by atoms with Crippen LogP contribution >= 0.6 is 0 Å². The van der Waals surface area contributed by atoms with Gasteiger partial charge in [0.25, 0.3) is 0 Å². The minimum atomic E-state index is -1.07. The lowest BCUT2D eigenvalue weighted by Gasteiger charge is -2.23. The standard InChI is InChI=1S/C16H22N2O2/c1-10-6-5-7-13(11(10)2)18-15(20)16(3,4)14(19)17-12-8-9-12/h5-7,12H,8-9H2,1-4H3,(H,17,19)(H,18,20). The van der Waals surface area contributed by atoms with Crippen molar-refractivity contribution in [2.24, 2.45) is 5.41 Å². The maximum atomic E-state index is 12.4. The Balaban J connectivity index is 2.09.